The van der Waals surface area contributed by atoms with Gasteiger partial charge in [-0.15, -0.1) is 0 Å². The number of nitrogens with one attached hydrogen (secondary N) is 2. The zero-order valence-corrected chi connectivity index (χ0v) is 26.2. The van der Waals surface area contributed by atoms with Crippen LogP contribution in [0, 0.1) is 20.8 Å². The summed E-state index contributed by atoms with van der Waals surface area (Å²) < 4.78 is 13.6. The minimum atomic E-state index is -1.97. The summed E-state index contributed by atoms with van der Waals surface area (Å²) in [5.41, 5.74) is 0.901. The summed E-state index contributed by atoms with van der Waals surface area (Å²) in [6.45, 7) is 5.20. The molecule has 2 aromatic heterocycles. The molecule has 4 rings (SSSR count). The van der Waals surface area contributed by atoms with Crippen molar-refractivity contribution in [3.05, 3.63) is 43.2 Å². The first-order chi connectivity index (χ1) is 21.5. The monoisotopic (exact) mass is 676 g/mol. The molecule has 1 saturated carbocycles. The topological polar surface area (TPSA) is 281 Å². The summed E-state index contributed by atoms with van der Waals surface area (Å²) >= 11 is 1.15. The molecule has 0 spiro atoms. The number of thioether (sulfide) groups is 1. The fourth-order valence-corrected chi connectivity index (χ4v) is 6.78. The van der Waals surface area contributed by atoms with Gasteiger partial charge in [0.2, 0.25) is 11.8 Å². The van der Waals surface area contributed by atoms with Gasteiger partial charge in [-0.25, -0.2) is 0 Å². The predicted octanol–water partition coefficient (Wildman–Crippen LogP) is -6.01. The number of hydrogen-bond donors (Lipinski definition) is 10. The van der Waals surface area contributed by atoms with Crippen LogP contribution < -0.4 is 21.8 Å². The number of aliphatic hydroxyl groups is 8. The van der Waals surface area contributed by atoms with Crippen LogP contribution in [0.15, 0.2) is 9.59 Å². The summed E-state index contributed by atoms with van der Waals surface area (Å²) in [4.78, 5) is 50.8. The van der Waals surface area contributed by atoms with Crippen LogP contribution in [0.1, 0.15) is 29.4 Å². The molecular formula is C27H40N4O14S. The smallest absolute Gasteiger partial charge is 0.277 e. The number of aryl methyl sites for hydroxylation is 1. The highest BCUT2D eigenvalue weighted by atomic mass is 32.2. The van der Waals surface area contributed by atoms with Crippen LogP contribution in [0.5, 0.6) is 0 Å². The maximum atomic E-state index is 13.5. The van der Waals surface area contributed by atoms with Crippen molar-refractivity contribution in [1.82, 2.24) is 19.7 Å². The first kappa shape index (κ1) is 36.2. The maximum Gasteiger partial charge on any atom is 0.277 e. The third-order valence-corrected chi connectivity index (χ3v) is 9.59. The molecule has 1 aliphatic heterocycles. The molecular weight excluding hydrogens is 636 g/mol. The van der Waals surface area contributed by atoms with Gasteiger partial charge in [0.1, 0.15) is 67.0 Å². The molecule has 1 aliphatic carbocycles. The quantitative estimate of drug-likeness (QED) is 0.112. The zero-order valence-electron chi connectivity index (χ0n) is 25.4. The van der Waals surface area contributed by atoms with Gasteiger partial charge < -0.3 is 61.0 Å². The molecule has 46 heavy (non-hydrogen) atoms. The van der Waals surface area contributed by atoms with Crippen LogP contribution in [-0.2, 0) is 24.8 Å². The van der Waals surface area contributed by atoms with E-state index in [0.717, 1.165) is 23.2 Å². The minimum Gasteiger partial charge on any atom is -0.394 e. The Morgan fingerprint density at radius 3 is 2.00 bits per heavy atom. The van der Waals surface area contributed by atoms with Gasteiger partial charge in [0.05, 0.1) is 12.3 Å². The number of carbonyl (C=O) groups is 2. The first-order valence-electron chi connectivity index (χ1n) is 14.4. The Kier molecular flexibility index (Phi) is 11.2. The number of hydrogen-bond acceptors (Lipinski definition) is 15. The number of amides is 2. The lowest BCUT2D eigenvalue weighted by Gasteiger charge is -2.47. The summed E-state index contributed by atoms with van der Waals surface area (Å²) in [5.74, 6) is -1.41. The van der Waals surface area contributed by atoms with E-state index in [0.29, 0.717) is 22.5 Å². The van der Waals surface area contributed by atoms with E-state index in [1.54, 1.807) is 20.8 Å². The van der Waals surface area contributed by atoms with Gasteiger partial charge in [-0.2, -0.15) is 16.3 Å². The lowest BCUT2D eigenvalue weighted by atomic mass is 9.84. The molecule has 0 radical (unpaired) electrons. The van der Waals surface area contributed by atoms with Crippen molar-refractivity contribution in [2.45, 2.75) is 107 Å². The average Bonchev–Trinajstić information content (AvgIpc) is 3.39. The standard InChI is InChI=1S/C27H40N4O14S/c1-8-10(3)30-13(9(2)26(43)31(30)25(8)42)7-46-6-12(28-11(4)33)24(41)29-15-17(35)16(34)14(5-32)44-27(15)45-23-21(39)19(37)18(36)20(38)22(23)40/h12,14-23,27,32,34-40H,5-7H2,1-4H3,(H,28,33)(H,29,41)/t12-,14?,15?,16?,17?,18?,19?,20?,21?,22?,23?,27?/m1/s1. The molecule has 3 heterocycles. The Morgan fingerprint density at radius 2 is 1.43 bits per heavy atom. The van der Waals surface area contributed by atoms with E-state index in [2.05, 4.69) is 10.6 Å². The van der Waals surface area contributed by atoms with E-state index in [9.17, 15) is 60.0 Å². The Balaban J connectivity index is 1.54. The van der Waals surface area contributed by atoms with Gasteiger partial charge in [-0.3, -0.25) is 23.7 Å². The Hall–Kier alpha value is -2.69. The lowest BCUT2D eigenvalue weighted by Crippen LogP contribution is -2.69. The molecule has 2 aromatic rings. The van der Waals surface area contributed by atoms with Crippen LogP contribution in [0.2, 0.25) is 0 Å². The largest absolute Gasteiger partial charge is 0.394 e. The second kappa shape index (κ2) is 14.2. The van der Waals surface area contributed by atoms with E-state index in [-0.39, 0.29) is 11.5 Å². The summed E-state index contributed by atoms with van der Waals surface area (Å²) in [5, 5.41) is 86.9. The zero-order chi connectivity index (χ0) is 34.4. The lowest BCUT2D eigenvalue weighted by molar-refractivity contribution is -0.319. The van der Waals surface area contributed by atoms with Crippen LogP contribution in [-0.4, -0.2) is 147 Å². The van der Waals surface area contributed by atoms with Crippen molar-refractivity contribution in [3.8, 4) is 0 Å². The number of fused-ring (bicyclic) bond motifs is 1. The van der Waals surface area contributed by atoms with Crippen LogP contribution in [0.25, 0.3) is 0 Å². The Labute approximate surface area is 265 Å². The van der Waals surface area contributed by atoms with Crippen molar-refractivity contribution in [2.75, 3.05) is 12.4 Å². The number of rotatable bonds is 10. The molecule has 2 aliphatic rings. The van der Waals surface area contributed by atoms with Crippen molar-refractivity contribution < 1.29 is 59.9 Å². The fourth-order valence-electron chi connectivity index (χ4n) is 5.66. The number of carbonyl (C=O) groups excluding carboxylic acids is 2. The minimum absolute atomic E-state index is 0.0761. The predicted molar refractivity (Wildman–Crippen MR) is 157 cm³/mol. The van der Waals surface area contributed by atoms with Gasteiger partial charge >= 0.3 is 0 Å². The van der Waals surface area contributed by atoms with Crippen LogP contribution in [0.3, 0.4) is 0 Å². The van der Waals surface area contributed by atoms with Gasteiger partial charge in [-0.05, 0) is 20.8 Å². The van der Waals surface area contributed by atoms with Crippen molar-refractivity contribution >= 4 is 23.6 Å². The van der Waals surface area contributed by atoms with E-state index in [4.69, 9.17) is 9.47 Å². The molecule has 10 atom stereocenters. The number of nitrogens with zero attached hydrogens (tertiary/aromatic N) is 2. The average molecular weight is 677 g/mol. The van der Waals surface area contributed by atoms with Gasteiger partial charge in [0.15, 0.2) is 6.29 Å². The van der Waals surface area contributed by atoms with E-state index in [1.165, 1.54) is 4.52 Å². The first-order valence-corrected chi connectivity index (χ1v) is 15.6. The molecule has 9 unspecified atom stereocenters. The highest BCUT2D eigenvalue weighted by molar-refractivity contribution is 7.98. The molecule has 19 heteroatoms. The summed E-state index contributed by atoms with van der Waals surface area (Å²) in [6.07, 6.45) is -18.5. The van der Waals surface area contributed by atoms with E-state index in [1.807, 2.05) is 0 Å². The van der Waals surface area contributed by atoms with Crippen LogP contribution in [0.4, 0.5) is 0 Å². The normalized spacial score (nSPS) is 34.0. The number of ether oxygens (including phenoxy) is 2. The molecule has 10 N–H and O–H groups in total. The molecule has 0 aromatic carbocycles. The molecule has 2 amide bonds. The molecule has 1 saturated heterocycles. The van der Waals surface area contributed by atoms with Gasteiger partial charge in [0, 0.05) is 35.3 Å². The van der Waals surface area contributed by atoms with E-state index < -0.39 is 103 Å². The number of aromatic nitrogens is 2. The van der Waals surface area contributed by atoms with Crippen molar-refractivity contribution in [2.24, 2.45) is 0 Å². The Bertz CT molecular complexity index is 1520. The molecule has 18 nitrogen and oxygen atoms in total. The Morgan fingerprint density at radius 1 is 0.870 bits per heavy atom. The highest BCUT2D eigenvalue weighted by Crippen LogP contribution is 2.29. The second-order valence-electron chi connectivity index (χ2n) is 11.6. The maximum absolute atomic E-state index is 13.5. The van der Waals surface area contributed by atoms with Crippen molar-refractivity contribution in [1.29, 1.82) is 0 Å². The number of aliphatic hydroxyl groups excluding tert-OH is 8. The summed E-state index contributed by atoms with van der Waals surface area (Å²) in [6, 6.07) is -2.91. The van der Waals surface area contributed by atoms with Crippen molar-refractivity contribution in [3.63, 3.8) is 0 Å². The molecule has 0 bridgehead atoms. The third-order valence-electron chi connectivity index (χ3n) is 8.55. The van der Waals surface area contributed by atoms with E-state index >= 15 is 0 Å². The molecule has 2 fully saturated rings. The van der Waals surface area contributed by atoms with Gasteiger partial charge in [0.25, 0.3) is 11.1 Å². The SMILES string of the molecule is CC(=O)N[C@H](CSCc1c(C)c(=O)n2c(=O)c(C)c(C)n12)C(=O)NC1C(OC2C(O)C(O)C(O)C(O)C2O)OC(CO)C(O)C1O. The third kappa shape index (κ3) is 6.54. The summed E-state index contributed by atoms with van der Waals surface area (Å²) in [7, 11) is 0. The fraction of sp³-hybridized carbons (Fsp3) is 0.704. The van der Waals surface area contributed by atoms with Crippen LogP contribution >= 0.6 is 11.8 Å². The highest BCUT2D eigenvalue weighted by Gasteiger charge is 2.53. The second-order valence-corrected chi connectivity index (χ2v) is 12.6. The molecule has 258 valence electrons. The van der Waals surface area contributed by atoms with Gasteiger partial charge in [-0.1, -0.05) is 0 Å².